The molecular formula is C35H39ClFN5O3S. The molecule has 1 aromatic heterocycles. The maximum Gasteiger partial charge on any atom is 0.324 e. The molecule has 242 valence electrons. The van der Waals surface area contributed by atoms with Crippen molar-refractivity contribution in [1.29, 1.82) is 0 Å². The average Bonchev–Trinajstić information content (AvgIpc) is 3.52. The Labute approximate surface area is 275 Å². The summed E-state index contributed by atoms with van der Waals surface area (Å²) >= 11 is 6.16. The molecule has 2 saturated heterocycles. The molecule has 2 amide bonds. The van der Waals surface area contributed by atoms with Gasteiger partial charge in [0.05, 0.1) is 16.4 Å². The Morgan fingerprint density at radius 3 is 2.33 bits per heavy atom. The molecule has 0 radical (unpaired) electrons. The van der Waals surface area contributed by atoms with E-state index in [1.165, 1.54) is 6.07 Å². The number of fused-ring (bicyclic) bond motifs is 2. The van der Waals surface area contributed by atoms with Gasteiger partial charge in [0, 0.05) is 29.3 Å². The van der Waals surface area contributed by atoms with Crippen molar-refractivity contribution < 1.29 is 17.6 Å². The number of aromatic nitrogens is 2. The third kappa shape index (κ3) is 6.70. The zero-order chi connectivity index (χ0) is 32.8. The maximum absolute atomic E-state index is 13.6. The van der Waals surface area contributed by atoms with Gasteiger partial charge in [-0.15, -0.1) is 0 Å². The zero-order valence-corrected chi connectivity index (χ0v) is 28.0. The molecule has 0 spiro atoms. The van der Waals surface area contributed by atoms with E-state index >= 15 is 0 Å². The van der Waals surface area contributed by atoms with E-state index in [1.807, 2.05) is 61.5 Å². The van der Waals surface area contributed by atoms with Gasteiger partial charge in [0.15, 0.2) is 0 Å². The Bertz CT molecular complexity index is 1860. The van der Waals surface area contributed by atoms with Crippen molar-refractivity contribution in [2.45, 2.75) is 82.2 Å². The summed E-state index contributed by atoms with van der Waals surface area (Å²) in [4.78, 5) is 13.2. The molecule has 3 aromatic carbocycles. The van der Waals surface area contributed by atoms with Crippen LogP contribution < -0.4 is 10.6 Å². The second-order valence-corrected chi connectivity index (χ2v) is 15.7. The molecule has 11 heteroatoms. The number of piperidine rings is 1. The first-order valence-electron chi connectivity index (χ1n) is 15.6. The van der Waals surface area contributed by atoms with Crippen LogP contribution in [0.4, 0.5) is 20.7 Å². The molecule has 2 bridgehead atoms. The number of carbonyl (C=O) groups excluding carboxylic acids is 1. The molecule has 2 N–H and O–H groups in total. The minimum Gasteiger partial charge on any atom is -0.308 e. The number of carbonyl (C=O) groups is 1. The predicted molar refractivity (Wildman–Crippen MR) is 180 cm³/mol. The highest BCUT2D eigenvalue weighted by atomic mass is 35.5. The lowest BCUT2D eigenvalue weighted by Crippen LogP contribution is -2.46. The van der Waals surface area contributed by atoms with Crippen molar-refractivity contribution in [2.75, 3.05) is 10.6 Å². The second-order valence-electron chi connectivity index (χ2n) is 13.5. The lowest BCUT2D eigenvalue weighted by molar-refractivity contribution is 0.190. The van der Waals surface area contributed by atoms with Crippen LogP contribution in [0, 0.1) is 18.7 Å². The highest BCUT2D eigenvalue weighted by Crippen LogP contribution is 2.44. The summed E-state index contributed by atoms with van der Waals surface area (Å²) < 4.78 is 44.1. The molecule has 46 heavy (non-hydrogen) atoms. The lowest BCUT2D eigenvalue weighted by Gasteiger charge is -2.38. The molecular weight excluding hydrogens is 625 g/mol. The molecule has 2 aliphatic rings. The Balaban J connectivity index is 1.12. The van der Waals surface area contributed by atoms with E-state index in [2.05, 4.69) is 31.4 Å². The number of amides is 2. The fourth-order valence-electron chi connectivity index (χ4n) is 6.71. The molecule has 8 nitrogen and oxygen atoms in total. The standard InChI is InChI=1S/C35H39ClFN5O3S/c1-22-8-11-27(12-9-22)41-33(21-32(40-41)35(2,3)4)39-34(43)38-26-7-5-6-23(17-26)16-24-18-28-13-14-29(19-24)42(28)46(44,45)31-15-10-25(37)20-30(31)36/h5-12,15,17,20-21,24,28-29H,13-14,16,18-19H2,1-4H3,(H2,38,39,43). The van der Waals surface area contributed by atoms with Crippen LogP contribution in [0.5, 0.6) is 0 Å². The van der Waals surface area contributed by atoms with Gasteiger partial charge in [-0.1, -0.05) is 62.2 Å². The first-order valence-corrected chi connectivity index (χ1v) is 17.4. The number of halogens is 2. The Morgan fingerprint density at radius 2 is 1.67 bits per heavy atom. The quantitative estimate of drug-likeness (QED) is 0.209. The van der Waals surface area contributed by atoms with Crippen LogP contribution in [0.1, 0.15) is 63.3 Å². The van der Waals surface area contributed by atoms with Crippen LogP contribution in [0.3, 0.4) is 0 Å². The largest absolute Gasteiger partial charge is 0.324 e. The fraction of sp³-hybridized carbons (Fsp3) is 0.371. The molecule has 2 atom stereocenters. The van der Waals surface area contributed by atoms with E-state index in [0.29, 0.717) is 11.5 Å². The molecule has 2 unspecified atom stereocenters. The monoisotopic (exact) mass is 663 g/mol. The van der Waals surface area contributed by atoms with Gasteiger partial charge in [-0.3, -0.25) is 5.32 Å². The first kappa shape index (κ1) is 32.2. The number of benzene rings is 3. The Kier molecular flexibility index (Phi) is 8.73. The van der Waals surface area contributed by atoms with Gasteiger partial charge in [0.1, 0.15) is 16.5 Å². The summed E-state index contributed by atoms with van der Waals surface area (Å²) in [6.45, 7) is 8.27. The summed E-state index contributed by atoms with van der Waals surface area (Å²) in [6, 6.07) is 20.5. The van der Waals surface area contributed by atoms with Gasteiger partial charge in [-0.25, -0.2) is 22.3 Å². The SMILES string of the molecule is Cc1ccc(-n2nc(C(C)(C)C)cc2NC(=O)Nc2cccc(CC3CC4CCC(C3)N4S(=O)(=O)c3ccc(F)cc3Cl)c2)cc1. The van der Waals surface area contributed by atoms with Crippen molar-refractivity contribution in [2.24, 2.45) is 5.92 Å². The van der Waals surface area contributed by atoms with Crippen LogP contribution in [-0.4, -0.2) is 40.6 Å². The van der Waals surface area contributed by atoms with E-state index in [0.717, 1.165) is 66.7 Å². The first-order chi connectivity index (χ1) is 21.8. The van der Waals surface area contributed by atoms with Gasteiger partial charge in [0.25, 0.3) is 0 Å². The number of hydrogen-bond donors (Lipinski definition) is 2. The average molecular weight is 664 g/mol. The number of nitrogens with zero attached hydrogens (tertiary/aromatic N) is 3. The number of nitrogens with one attached hydrogen (secondary N) is 2. The number of aryl methyl sites for hydroxylation is 1. The minimum absolute atomic E-state index is 0.0421. The molecule has 2 aliphatic heterocycles. The van der Waals surface area contributed by atoms with E-state index < -0.39 is 15.8 Å². The van der Waals surface area contributed by atoms with E-state index in [1.54, 1.807) is 8.99 Å². The van der Waals surface area contributed by atoms with Crippen LogP contribution in [-0.2, 0) is 21.9 Å². The maximum atomic E-state index is 13.6. The van der Waals surface area contributed by atoms with Gasteiger partial charge in [-0.2, -0.15) is 9.40 Å². The molecule has 2 fully saturated rings. The zero-order valence-electron chi connectivity index (χ0n) is 26.4. The van der Waals surface area contributed by atoms with Crippen molar-refractivity contribution >= 4 is 39.2 Å². The van der Waals surface area contributed by atoms with Crippen LogP contribution >= 0.6 is 11.6 Å². The summed E-state index contributed by atoms with van der Waals surface area (Å²) in [6.07, 6.45) is 3.80. The van der Waals surface area contributed by atoms with Gasteiger partial charge in [-0.05, 0) is 93.0 Å². The smallest absolute Gasteiger partial charge is 0.308 e. The number of rotatable bonds is 7. The number of anilines is 2. The van der Waals surface area contributed by atoms with Crippen molar-refractivity contribution in [1.82, 2.24) is 14.1 Å². The van der Waals surface area contributed by atoms with Gasteiger partial charge in [0.2, 0.25) is 10.0 Å². The lowest BCUT2D eigenvalue weighted by atomic mass is 9.87. The van der Waals surface area contributed by atoms with Crippen LogP contribution in [0.15, 0.2) is 77.7 Å². The summed E-state index contributed by atoms with van der Waals surface area (Å²) in [5.41, 5.74) is 4.38. The minimum atomic E-state index is -3.84. The number of hydrogen-bond acceptors (Lipinski definition) is 4. The number of sulfonamides is 1. The molecule has 0 saturated carbocycles. The molecule has 3 heterocycles. The van der Waals surface area contributed by atoms with Crippen LogP contribution in [0.25, 0.3) is 5.69 Å². The highest BCUT2D eigenvalue weighted by Gasteiger charge is 2.47. The summed E-state index contributed by atoms with van der Waals surface area (Å²) in [7, 11) is -3.84. The number of urea groups is 1. The normalized spacial score (nSPS) is 20.1. The van der Waals surface area contributed by atoms with Crippen molar-refractivity contribution in [3.63, 3.8) is 0 Å². The summed E-state index contributed by atoms with van der Waals surface area (Å²) in [5.74, 6) is 0.293. The highest BCUT2D eigenvalue weighted by molar-refractivity contribution is 7.89. The fourth-order valence-corrected chi connectivity index (χ4v) is 9.11. The third-order valence-electron chi connectivity index (χ3n) is 8.92. The summed E-state index contributed by atoms with van der Waals surface area (Å²) in [5, 5.41) is 10.7. The Hall–Kier alpha value is -3.73. The topological polar surface area (TPSA) is 96.3 Å². The van der Waals surface area contributed by atoms with Gasteiger partial charge >= 0.3 is 6.03 Å². The van der Waals surface area contributed by atoms with E-state index in [4.69, 9.17) is 16.7 Å². The third-order valence-corrected chi connectivity index (χ3v) is 11.4. The molecule has 6 rings (SSSR count). The van der Waals surface area contributed by atoms with E-state index in [9.17, 15) is 17.6 Å². The van der Waals surface area contributed by atoms with E-state index in [-0.39, 0.29) is 39.4 Å². The van der Waals surface area contributed by atoms with Gasteiger partial charge < -0.3 is 5.32 Å². The van der Waals surface area contributed by atoms with Crippen molar-refractivity contribution in [3.8, 4) is 5.69 Å². The second kappa shape index (κ2) is 12.5. The predicted octanol–water partition coefficient (Wildman–Crippen LogP) is 8.09. The van der Waals surface area contributed by atoms with Crippen molar-refractivity contribution in [3.05, 3.63) is 100 Å². The Morgan fingerprint density at radius 1 is 0.978 bits per heavy atom. The molecule has 4 aromatic rings. The molecule has 0 aliphatic carbocycles. The van der Waals surface area contributed by atoms with Crippen LogP contribution in [0.2, 0.25) is 5.02 Å².